The van der Waals surface area contributed by atoms with E-state index < -0.39 is 40.5 Å². The number of piperidine rings is 1. The molecule has 2 heterocycles. The zero-order valence-electron chi connectivity index (χ0n) is 22.7. The minimum atomic E-state index is -1.42. The summed E-state index contributed by atoms with van der Waals surface area (Å²) in [4.78, 5) is 44.2. The molecule has 2 saturated heterocycles. The second-order valence-corrected chi connectivity index (χ2v) is 11.4. The fraction of sp³-hybridized carbons (Fsp3) is 0.467. The Bertz CT molecular complexity index is 1390. The number of likely N-dealkylation sites (N-methyl/N-ethyl adjacent to an activating group) is 1. The molecular weight excluding hydrogens is 554 g/mol. The zero-order chi connectivity index (χ0) is 29.4. The smallest absolute Gasteiger partial charge is 0.410 e. The normalized spacial score (nSPS) is 23.5. The van der Waals surface area contributed by atoms with Crippen molar-refractivity contribution < 1.29 is 27.9 Å². The number of hydrogen-bond acceptors (Lipinski definition) is 6. The van der Waals surface area contributed by atoms with Crippen LogP contribution in [0.5, 0.6) is 5.75 Å². The van der Waals surface area contributed by atoms with E-state index in [1.807, 2.05) is 0 Å². The van der Waals surface area contributed by atoms with Gasteiger partial charge >= 0.3 is 6.09 Å². The number of carbonyl (C=O) groups excluding carboxylic acids is 3. The number of likely N-dealkylation sites (tertiary alicyclic amines) is 1. The van der Waals surface area contributed by atoms with Crippen LogP contribution in [-0.2, 0) is 9.59 Å². The molecule has 2 aliphatic heterocycles. The van der Waals surface area contributed by atoms with Crippen LogP contribution in [0, 0.1) is 34.3 Å². The predicted octanol–water partition coefficient (Wildman–Crippen LogP) is 4.68. The topological polar surface area (TPSA) is 103 Å². The molecule has 216 valence electrons. The lowest BCUT2D eigenvalue weighted by molar-refractivity contribution is -0.141. The number of nitriles is 1. The van der Waals surface area contributed by atoms with Gasteiger partial charge in [-0.05, 0) is 74.6 Å². The van der Waals surface area contributed by atoms with Gasteiger partial charge in [-0.25, -0.2) is 13.6 Å². The summed E-state index contributed by atoms with van der Waals surface area (Å²) in [6, 6.07) is 11.5. The van der Waals surface area contributed by atoms with Gasteiger partial charge in [-0.1, -0.05) is 17.7 Å². The maximum absolute atomic E-state index is 14.6. The van der Waals surface area contributed by atoms with Crippen LogP contribution in [0.3, 0.4) is 0 Å². The van der Waals surface area contributed by atoms with Crippen molar-refractivity contribution in [3.05, 3.63) is 64.7 Å². The molecule has 0 radical (unpaired) electrons. The summed E-state index contributed by atoms with van der Waals surface area (Å²) in [7, 11) is 0. The molecular formula is C30H31ClF2N4O4. The highest BCUT2D eigenvalue weighted by atomic mass is 35.5. The summed E-state index contributed by atoms with van der Waals surface area (Å²) in [5.41, 5.74) is -1.84. The van der Waals surface area contributed by atoms with Gasteiger partial charge in [0, 0.05) is 44.6 Å². The Balaban J connectivity index is 1.46. The third-order valence-corrected chi connectivity index (χ3v) is 8.96. The van der Waals surface area contributed by atoms with Gasteiger partial charge in [0.1, 0.15) is 28.3 Å². The van der Waals surface area contributed by atoms with Crippen molar-refractivity contribution in [2.45, 2.75) is 44.1 Å². The van der Waals surface area contributed by atoms with E-state index in [1.54, 1.807) is 17.9 Å². The molecule has 3 fully saturated rings. The Labute approximate surface area is 242 Å². The number of amides is 2. The summed E-state index contributed by atoms with van der Waals surface area (Å²) in [5.74, 6) is -2.48. The Hall–Kier alpha value is -3.55. The first-order valence-electron chi connectivity index (χ1n) is 13.8. The third kappa shape index (κ3) is 5.29. The van der Waals surface area contributed by atoms with Crippen molar-refractivity contribution >= 4 is 29.4 Å². The van der Waals surface area contributed by atoms with Crippen molar-refractivity contribution in [1.29, 1.82) is 5.26 Å². The maximum Gasteiger partial charge on any atom is 0.416 e. The highest BCUT2D eigenvalue weighted by molar-refractivity contribution is 6.30. The first kappa shape index (κ1) is 29.0. The van der Waals surface area contributed by atoms with Crippen LogP contribution in [-0.4, -0.2) is 65.8 Å². The largest absolute Gasteiger partial charge is 0.416 e. The highest BCUT2D eigenvalue weighted by Gasteiger charge is 2.58. The van der Waals surface area contributed by atoms with Crippen LogP contribution in [0.25, 0.3) is 0 Å². The molecule has 1 aliphatic carbocycles. The Morgan fingerprint density at radius 2 is 1.83 bits per heavy atom. The molecule has 0 spiro atoms. The SMILES string of the molecule is CCN(C(=O)Oc1ccc(F)cc1)[C@]1(C(=O)C2CCN(C(=O)C3(C#N)CC3)CC2)CNC[C@H]1c1ccc(Cl)c(F)c1. The average molecular weight is 585 g/mol. The third-order valence-electron chi connectivity index (χ3n) is 8.66. The monoisotopic (exact) mass is 584 g/mol. The summed E-state index contributed by atoms with van der Waals surface area (Å²) in [6.45, 7) is 2.92. The summed E-state index contributed by atoms with van der Waals surface area (Å²) >= 11 is 5.95. The lowest BCUT2D eigenvalue weighted by Gasteiger charge is -2.45. The number of halogens is 3. The number of rotatable bonds is 7. The second kappa shape index (κ2) is 11.4. The van der Waals surface area contributed by atoms with Crippen LogP contribution in [0.15, 0.2) is 42.5 Å². The van der Waals surface area contributed by atoms with E-state index in [1.165, 1.54) is 41.3 Å². The van der Waals surface area contributed by atoms with E-state index >= 15 is 0 Å². The van der Waals surface area contributed by atoms with Gasteiger partial charge < -0.3 is 15.0 Å². The highest BCUT2D eigenvalue weighted by Crippen LogP contribution is 2.47. The number of carbonyl (C=O) groups is 3. The molecule has 2 amide bonds. The van der Waals surface area contributed by atoms with Crippen LogP contribution in [0.4, 0.5) is 13.6 Å². The molecule has 1 N–H and O–H groups in total. The number of ether oxygens (including phenoxy) is 1. The number of nitrogens with zero attached hydrogens (tertiary/aromatic N) is 3. The molecule has 11 heteroatoms. The minimum Gasteiger partial charge on any atom is -0.410 e. The van der Waals surface area contributed by atoms with Gasteiger partial charge in [-0.15, -0.1) is 0 Å². The van der Waals surface area contributed by atoms with E-state index in [0.717, 1.165) is 0 Å². The van der Waals surface area contributed by atoms with E-state index in [2.05, 4.69) is 11.4 Å². The number of Topliss-reactive ketones (excluding diaryl/α,β-unsaturated/α-hetero) is 1. The molecule has 0 bridgehead atoms. The van der Waals surface area contributed by atoms with Crippen molar-refractivity contribution in [3.63, 3.8) is 0 Å². The first-order chi connectivity index (χ1) is 19.6. The molecule has 5 rings (SSSR count). The molecule has 41 heavy (non-hydrogen) atoms. The molecule has 0 unspecified atom stereocenters. The predicted molar refractivity (Wildman–Crippen MR) is 146 cm³/mol. The lowest BCUT2D eigenvalue weighted by Crippen LogP contribution is -2.64. The van der Waals surface area contributed by atoms with Gasteiger partial charge in [0.15, 0.2) is 5.78 Å². The molecule has 3 aliphatic rings. The van der Waals surface area contributed by atoms with Crippen molar-refractivity contribution in [2.24, 2.45) is 11.3 Å². The van der Waals surface area contributed by atoms with Gasteiger partial charge in [0.05, 0.1) is 11.1 Å². The van der Waals surface area contributed by atoms with Crippen molar-refractivity contribution in [3.8, 4) is 11.8 Å². The minimum absolute atomic E-state index is 0.0532. The lowest BCUT2D eigenvalue weighted by atomic mass is 9.71. The average Bonchev–Trinajstić information content (AvgIpc) is 3.67. The van der Waals surface area contributed by atoms with Gasteiger partial charge in [0.2, 0.25) is 5.91 Å². The number of ketones is 1. The van der Waals surface area contributed by atoms with Crippen LogP contribution >= 0.6 is 11.6 Å². The number of hydrogen-bond donors (Lipinski definition) is 1. The van der Waals surface area contributed by atoms with Crippen LogP contribution in [0.2, 0.25) is 5.02 Å². The molecule has 2 aromatic carbocycles. The Morgan fingerprint density at radius 3 is 2.41 bits per heavy atom. The molecule has 0 aromatic heterocycles. The fourth-order valence-corrected chi connectivity index (χ4v) is 6.35. The molecule has 2 aromatic rings. The van der Waals surface area contributed by atoms with E-state index in [0.29, 0.717) is 50.9 Å². The van der Waals surface area contributed by atoms with Gasteiger partial charge in [-0.2, -0.15) is 5.26 Å². The summed E-state index contributed by atoms with van der Waals surface area (Å²) < 4.78 is 33.7. The molecule has 8 nitrogen and oxygen atoms in total. The fourth-order valence-electron chi connectivity index (χ4n) is 6.23. The van der Waals surface area contributed by atoms with Crippen LogP contribution in [0.1, 0.15) is 44.1 Å². The zero-order valence-corrected chi connectivity index (χ0v) is 23.4. The molecule has 2 atom stereocenters. The van der Waals surface area contributed by atoms with E-state index in [4.69, 9.17) is 16.3 Å². The Morgan fingerprint density at radius 1 is 1.15 bits per heavy atom. The van der Waals surface area contributed by atoms with E-state index in [9.17, 15) is 28.4 Å². The van der Waals surface area contributed by atoms with Crippen molar-refractivity contribution in [2.75, 3.05) is 32.7 Å². The summed E-state index contributed by atoms with van der Waals surface area (Å²) in [6.07, 6.45) is 1.07. The van der Waals surface area contributed by atoms with Crippen molar-refractivity contribution in [1.82, 2.24) is 15.1 Å². The summed E-state index contributed by atoms with van der Waals surface area (Å²) in [5, 5.41) is 12.6. The standard InChI is InChI=1S/C30H31ClF2N4O4/c1-2-37(28(40)41-22-6-4-21(32)5-7-22)30(18-35-16-23(30)20-3-8-24(31)25(33)15-20)26(38)19-9-13-36(14-10-19)27(39)29(17-34)11-12-29/h3-8,15,19,23,35H,2,9-14,16,18H2,1H3/t23-,30+/m0/s1. The number of nitrogens with one attached hydrogen (secondary N) is 1. The van der Waals surface area contributed by atoms with Gasteiger partial charge in [-0.3, -0.25) is 14.5 Å². The van der Waals surface area contributed by atoms with Gasteiger partial charge in [0.25, 0.3) is 0 Å². The Kier molecular flexibility index (Phi) is 8.04. The first-order valence-corrected chi connectivity index (χ1v) is 14.2. The maximum atomic E-state index is 14.6. The van der Waals surface area contributed by atoms with E-state index in [-0.39, 0.29) is 35.6 Å². The quantitative estimate of drug-likeness (QED) is 0.507. The molecule has 1 saturated carbocycles. The van der Waals surface area contributed by atoms with Crippen LogP contribution < -0.4 is 10.1 Å². The number of benzene rings is 2. The second-order valence-electron chi connectivity index (χ2n) is 11.0.